The lowest BCUT2D eigenvalue weighted by Gasteiger charge is -2.01. The first-order valence-electron chi connectivity index (χ1n) is 5.57. The smallest absolute Gasteiger partial charge is 0.305 e. The molecular weight excluding hydrogens is 232 g/mol. The molecular formula is C13H14N2O3. The first-order valence-corrected chi connectivity index (χ1v) is 5.57. The van der Waals surface area contributed by atoms with E-state index in [1.165, 1.54) is 0 Å². The van der Waals surface area contributed by atoms with E-state index >= 15 is 0 Å². The Bertz CT molecular complexity index is 531. The van der Waals surface area contributed by atoms with Gasteiger partial charge in [-0.3, -0.25) is 9.48 Å². The van der Waals surface area contributed by atoms with Crippen molar-refractivity contribution in [3.05, 3.63) is 36.7 Å². The number of methoxy groups -OCH3 is 1. The zero-order valence-electron chi connectivity index (χ0n) is 10.0. The number of hydrogen-bond donors (Lipinski definition) is 1. The maximum absolute atomic E-state index is 10.5. The van der Waals surface area contributed by atoms with E-state index in [1.807, 2.05) is 30.5 Å². The van der Waals surface area contributed by atoms with Crippen LogP contribution in [0.2, 0.25) is 0 Å². The monoisotopic (exact) mass is 246 g/mol. The highest BCUT2D eigenvalue weighted by Crippen LogP contribution is 2.21. The minimum absolute atomic E-state index is 0.0731. The van der Waals surface area contributed by atoms with Gasteiger partial charge in [-0.2, -0.15) is 5.10 Å². The van der Waals surface area contributed by atoms with E-state index in [2.05, 4.69) is 5.10 Å². The summed E-state index contributed by atoms with van der Waals surface area (Å²) >= 11 is 0. The molecule has 0 aliphatic carbocycles. The average Bonchev–Trinajstić information content (AvgIpc) is 2.85. The predicted molar refractivity (Wildman–Crippen MR) is 66.5 cm³/mol. The van der Waals surface area contributed by atoms with E-state index in [4.69, 9.17) is 9.84 Å². The van der Waals surface area contributed by atoms with Crippen LogP contribution in [0, 0.1) is 0 Å². The Labute approximate surface area is 105 Å². The molecule has 1 heterocycles. The van der Waals surface area contributed by atoms with Crippen LogP contribution in [0.5, 0.6) is 5.75 Å². The SMILES string of the molecule is COc1ccc(-c2cnn(CCC(=O)O)c2)cc1. The van der Waals surface area contributed by atoms with Crippen LogP contribution in [0.3, 0.4) is 0 Å². The van der Waals surface area contributed by atoms with Gasteiger partial charge in [-0.25, -0.2) is 0 Å². The van der Waals surface area contributed by atoms with Gasteiger partial charge >= 0.3 is 5.97 Å². The van der Waals surface area contributed by atoms with Crippen molar-refractivity contribution in [3.63, 3.8) is 0 Å². The molecule has 0 unspecified atom stereocenters. The maximum Gasteiger partial charge on any atom is 0.305 e. The summed E-state index contributed by atoms with van der Waals surface area (Å²) in [6.07, 6.45) is 3.64. The Morgan fingerprint density at radius 1 is 1.33 bits per heavy atom. The zero-order valence-corrected chi connectivity index (χ0v) is 10.0. The second-order valence-electron chi connectivity index (χ2n) is 3.86. The highest BCUT2D eigenvalue weighted by atomic mass is 16.5. The number of aryl methyl sites for hydroxylation is 1. The van der Waals surface area contributed by atoms with E-state index < -0.39 is 5.97 Å². The highest BCUT2D eigenvalue weighted by molar-refractivity contribution is 5.66. The minimum atomic E-state index is -0.823. The fraction of sp³-hybridized carbons (Fsp3) is 0.231. The number of carboxylic acids is 1. The molecule has 0 bridgehead atoms. The molecule has 94 valence electrons. The molecule has 1 aromatic heterocycles. The van der Waals surface area contributed by atoms with Crippen LogP contribution >= 0.6 is 0 Å². The lowest BCUT2D eigenvalue weighted by atomic mass is 10.1. The molecule has 0 aliphatic heterocycles. The quantitative estimate of drug-likeness (QED) is 0.876. The van der Waals surface area contributed by atoms with Crippen LogP contribution < -0.4 is 4.74 Å². The molecule has 0 fully saturated rings. The second kappa shape index (κ2) is 5.35. The maximum atomic E-state index is 10.5. The van der Waals surface area contributed by atoms with Gasteiger partial charge in [-0.15, -0.1) is 0 Å². The predicted octanol–water partition coefficient (Wildman–Crippen LogP) is 2.03. The summed E-state index contributed by atoms with van der Waals surface area (Å²) in [5, 5.41) is 12.7. The Kier molecular flexibility index (Phi) is 3.62. The van der Waals surface area contributed by atoms with Crippen molar-refractivity contribution in [2.24, 2.45) is 0 Å². The van der Waals surface area contributed by atoms with Gasteiger partial charge in [0.25, 0.3) is 0 Å². The molecule has 5 nitrogen and oxygen atoms in total. The number of aliphatic carboxylic acids is 1. The Morgan fingerprint density at radius 2 is 2.06 bits per heavy atom. The van der Waals surface area contributed by atoms with E-state index in [1.54, 1.807) is 18.0 Å². The molecule has 0 spiro atoms. The molecule has 0 aliphatic rings. The van der Waals surface area contributed by atoms with E-state index in [-0.39, 0.29) is 6.42 Å². The van der Waals surface area contributed by atoms with Gasteiger partial charge in [0.1, 0.15) is 5.75 Å². The number of carboxylic acid groups (broad SMARTS) is 1. The third kappa shape index (κ3) is 2.88. The fourth-order valence-corrected chi connectivity index (χ4v) is 1.63. The lowest BCUT2D eigenvalue weighted by Crippen LogP contribution is -2.04. The molecule has 5 heteroatoms. The van der Waals surface area contributed by atoms with Gasteiger partial charge in [0, 0.05) is 11.8 Å². The second-order valence-corrected chi connectivity index (χ2v) is 3.86. The molecule has 1 N–H and O–H groups in total. The lowest BCUT2D eigenvalue weighted by molar-refractivity contribution is -0.137. The van der Waals surface area contributed by atoms with E-state index in [0.717, 1.165) is 16.9 Å². The Balaban J connectivity index is 2.10. The molecule has 0 saturated carbocycles. The first-order chi connectivity index (χ1) is 8.69. The van der Waals surface area contributed by atoms with E-state index in [0.29, 0.717) is 6.54 Å². The van der Waals surface area contributed by atoms with Crippen LogP contribution in [-0.4, -0.2) is 28.0 Å². The van der Waals surface area contributed by atoms with Crippen LogP contribution in [0.25, 0.3) is 11.1 Å². The van der Waals surface area contributed by atoms with Gasteiger partial charge in [0.15, 0.2) is 0 Å². The molecule has 1 aromatic carbocycles. The normalized spacial score (nSPS) is 10.3. The number of nitrogens with zero attached hydrogens (tertiary/aromatic N) is 2. The number of aromatic nitrogens is 2. The molecule has 0 atom stereocenters. The summed E-state index contributed by atoms with van der Waals surface area (Å²) in [6.45, 7) is 0.380. The van der Waals surface area contributed by atoms with Gasteiger partial charge in [0.2, 0.25) is 0 Å². The van der Waals surface area contributed by atoms with Crippen LogP contribution in [0.4, 0.5) is 0 Å². The van der Waals surface area contributed by atoms with Gasteiger partial charge in [0.05, 0.1) is 26.3 Å². The Morgan fingerprint density at radius 3 is 2.67 bits per heavy atom. The van der Waals surface area contributed by atoms with Crippen LogP contribution in [-0.2, 0) is 11.3 Å². The standard InChI is InChI=1S/C13H14N2O3/c1-18-12-4-2-10(3-5-12)11-8-14-15(9-11)7-6-13(16)17/h2-5,8-9H,6-7H2,1H3,(H,16,17). The largest absolute Gasteiger partial charge is 0.497 e. The fourth-order valence-electron chi connectivity index (χ4n) is 1.63. The summed E-state index contributed by atoms with van der Waals surface area (Å²) in [5.74, 6) is -0.0199. The first kappa shape index (κ1) is 12.2. The van der Waals surface area contributed by atoms with Crippen molar-refractivity contribution in [1.29, 1.82) is 0 Å². The molecule has 2 rings (SSSR count). The molecule has 18 heavy (non-hydrogen) atoms. The van der Waals surface area contributed by atoms with Crippen LogP contribution in [0.1, 0.15) is 6.42 Å². The third-order valence-electron chi connectivity index (χ3n) is 2.61. The number of rotatable bonds is 5. The van der Waals surface area contributed by atoms with Crippen molar-refractivity contribution in [3.8, 4) is 16.9 Å². The summed E-state index contributed by atoms with van der Waals surface area (Å²) in [5.41, 5.74) is 1.99. The number of hydrogen-bond acceptors (Lipinski definition) is 3. The van der Waals surface area contributed by atoms with Crippen molar-refractivity contribution >= 4 is 5.97 Å². The van der Waals surface area contributed by atoms with Gasteiger partial charge < -0.3 is 9.84 Å². The van der Waals surface area contributed by atoms with E-state index in [9.17, 15) is 4.79 Å². The minimum Gasteiger partial charge on any atom is -0.497 e. The van der Waals surface area contributed by atoms with Gasteiger partial charge in [-0.1, -0.05) is 12.1 Å². The number of carbonyl (C=O) groups is 1. The number of benzene rings is 1. The zero-order chi connectivity index (χ0) is 13.0. The molecule has 0 amide bonds. The average molecular weight is 246 g/mol. The van der Waals surface area contributed by atoms with Crippen LogP contribution in [0.15, 0.2) is 36.7 Å². The van der Waals surface area contributed by atoms with Gasteiger partial charge in [-0.05, 0) is 17.7 Å². The summed E-state index contributed by atoms with van der Waals surface area (Å²) in [7, 11) is 1.62. The summed E-state index contributed by atoms with van der Waals surface area (Å²) in [4.78, 5) is 10.5. The highest BCUT2D eigenvalue weighted by Gasteiger charge is 2.03. The van der Waals surface area contributed by atoms with Crippen molar-refractivity contribution in [1.82, 2.24) is 9.78 Å². The topological polar surface area (TPSA) is 64.4 Å². The third-order valence-corrected chi connectivity index (χ3v) is 2.61. The molecule has 0 radical (unpaired) electrons. The summed E-state index contributed by atoms with van der Waals surface area (Å²) in [6, 6.07) is 7.64. The Hall–Kier alpha value is -2.30. The van der Waals surface area contributed by atoms with Crippen molar-refractivity contribution in [2.75, 3.05) is 7.11 Å². The molecule has 2 aromatic rings. The van der Waals surface area contributed by atoms with Crippen molar-refractivity contribution in [2.45, 2.75) is 13.0 Å². The summed E-state index contributed by atoms with van der Waals surface area (Å²) < 4.78 is 6.72. The molecule has 0 saturated heterocycles. The van der Waals surface area contributed by atoms with Crippen molar-refractivity contribution < 1.29 is 14.6 Å². The number of ether oxygens (including phenoxy) is 1.